The van der Waals surface area contributed by atoms with Gasteiger partial charge in [-0.15, -0.1) is 0 Å². The van der Waals surface area contributed by atoms with Gasteiger partial charge in [-0.3, -0.25) is 4.79 Å². The van der Waals surface area contributed by atoms with E-state index in [9.17, 15) is 9.59 Å². The van der Waals surface area contributed by atoms with Gasteiger partial charge >= 0.3 is 6.09 Å². The van der Waals surface area contributed by atoms with Crippen LogP contribution in [0.2, 0.25) is 5.02 Å². The van der Waals surface area contributed by atoms with Crippen LogP contribution in [0.25, 0.3) is 0 Å². The molecular weight excluding hydrogens is 330 g/mol. The highest BCUT2D eigenvalue weighted by Gasteiger charge is 2.24. The maximum atomic E-state index is 12.3. The van der Waals surface area contributed by atoms with E-state index in [0.717, 1.165) is 11.3 Å². The normalized spacial score (nSPS) is 14.5. The van der Waals surface area contributed by atoms with Crippen molar-refractivity contribution < 1.29 is 14.3 Å². The third-order valence-corrected chi connectivity index (χ3v) is 4.25. The van der Waals surface area contributed by atoms with Crippen molar-refractivity contribution in [1.82, 2.24) is 9.80 Å². The number of nitrogens with one attached hydrogen (secondary N) is 1. The van der Waals surface area contributed by atoms with Crippen LogP contribution in [-0.2, 0) is 9.53 Å². The van der Waals surface area contributed by atoms with Gasteiger partial charge in [0.2, 0.25) is 5.91 Å². The fraction of sp³-hybridized carbons (Fsp3) is 0.529. The van der Waals surface area contributed by atoms with E-state index in [2.05, 4.69) is 5.32 Å². The van der Waals surface area contributed by atoms with Crippen LogP contribution < -0.4 is 5.32 Å². The first-order valence-electron chi connectivity index (χ1n) is 8.20. The molecule has 2 amide bonds. The van der Waals surface area contributed by atoms with Gasteiger partial charge in [0.25, 0.3) is 0 Å². The molecule has 1 aliphatic rings. The number of anilines is 1. The average Bonchev–Trinajstić information content (AvgIpc) is 2.58. The van der Waals surface area contributed by atoms with Crippen molar-refractivity contribution in [2.75, 3.05) is 44.6 Å². The summed E-state index contributed by atoms with van der Waals surface area (Å²) in [6, 6.07) is 5.65. The number of hydrogen-bond acceptors (Lipinski definition) is 4. The number of carbonyl (C=O) groups is 2. The largest absolute Gasteiger partial charge is 0.450 e. The van der Waals surface area contributed by atoms with E-state index in [4.69, 9.17) is 16.3 Å². The van der Waals surface area contributed by atoms with Crippen LogP contribution in [0.5, 0.6) is 0 Å². The summed E-state index contributed by atoms with van der Waals surface area (Å²) in [5.41, 5.74) is 2.04. The van der Waals surface area contributed by atoms with Crippen molar-refractivity contribution >= 4 is 29.3 Å². The number of benzene rings is 1. The third kappa shape index (κ3) is 5.03. The number of carbonyl (C=O) groups excluding carboxylic acids is 2. The number of amides is 2. The molecule has 0 radical (unpaired) electrons. The van der Waals surface area contributed by atoms with E-state index in [-0.39, 0.29) is 12.0 Å². The van der Waals surface area contributed by atoms with Crippen molar-refractivity contribution in [1.29, 1.82) is 0 Å². The summed E-state index contributed by atoms with van der Waals surface area (Å²) in [7, 11) is 0. The minimum Gasteiger partial charge on any atom is -0.450 e. The highest BCUT2D eigenvalue weighted by atomic mass is 35.5. The molecule has 132 valence electrons. The maximum absolute atomic E-state index is 12.3. The van der Waals surface area contributed by atoms with Crippen LogP contribution >= 0.6 is 11.6 Å². The fourth-order valence-electron chi connectivity index (χ4n) is 2.60. The lowest BCUT2D eigenvalue weighted by atomic mass is 10.2. The van der Waals surface area contributed by atoms with Crippen molar-refractivity contribution in [3.63, 3.8) is 0 Å². The average molecular weight is 354 g/mol. The molecule has 1 fully saturated rings. The molecule has 0 bridgehead atoms. The van der Waals surface area contributed by atoms with Gasteiger partial charge in [-0.25, -0.2) is 4.79 Å². The van der Waals surface area contributed by atoms with Gasteiger partial charge in [0.1, 0.15) is 0 Å². The topological polar surface area (TPSA) is 61.9 Å². The van der Waals surface area contributed by atoms with Crippen LogP contribution in [0, 0.1) is 6.92 Å². The number of rotatable bonds is 5. The summed E-state index contributed by atoms with van der Waals surface area (Å²) in [4.78, 5) is 27.3. The Morgan fingerprint density at radius 1 is 1.21 bits per heavy atom. The lowest BCUT2D eigenvalue weighted by molar-refractivity contribution is -0.132. The van der Waals surface area contributed by atoms with E-state index in [0.29, 0.717) is 50.8 Å². The number of halogens is 1. The second-order valence-corrected chi connectivity index (χ2v) is 6.14. The first kappa shape index (κ1) is 18.4. The predicted molar refractivity (Wildman–Crippen MR) is 94.5 cm³/mol. The zero-order valence-corrected chi connectivity index (χ0v) is 14.9. The van der Waals surface area contributed by atoms with Crippen molar-refractivity contribution in [2.24, 2.45) is 0 Å². The van der Waals surface area contributed by atoms with Gasteiger partial charge < -0.3 is 19.9 Å². The minimum atomic E-state index is -0.303. The van der Waals surface area contributed by atoms with Gasteiger partial charge in [-0.2, -0.15) is 0 Å². The smallest absolute Gasteiger partial charge is 0.409 e. The van der Waals surface area contributed by atoms with Gasteiger partial charge in [-0.1, -0.05) is 17.7 Å². The van der Waals surface area contributed by atoms with E-state index in [1.165, 1.54) is 0 Å². The highest BCUT2D eigenvalue weighted by molar-refractivity contribution is 6.30. The third-order valence-electron chi connectivity index (χ3n) is 4.01. The molecule has 1 N–H and O–H groups in total. The molecule has 1 aliphatic heterocycles. The Kier molecular flexibility index (Phi) is 6.73. The first-order valence-corrected chi connectivity index (χ1v) is 8.58. The zero-order valence-electron chi connectivity index (χ0n) is 14.2. The van der Waals surface area contributed by atoms with Crippen molar-refractivity contribution in [2.45, 2.75) is 20.3 Å². The molecule has 1 heterocycles. The number of nitrogens with zero attached hydrogens (tertiary/aromatic N) is 2. The second kappa shape index (κ2) is 8.78. The highest BCUT2D eigenvalue weighted by Crippen LogP contribution is 2.20. The van der Waals surface area contributed by atoms with E-state index >= 15 is 0 Å². The summed E-state index contributed by atoms with van der Waals surface area (Å²) < 4.78 is 4.97. The molecule has 24 heavy (non-hydrogen) atoms. The minimum absolute atomic E-state index is 0.0886. The van der Waals surface area contributed by atoms with Crippen molar-refractivity contribution in [3.8, 4) is 0 Å². The Hall–Kier alpha value is -1.95. The maximum Gasteiger partial charge on any atom is 0.409 e. The molecule has 0 saturated carbocycles. The number of piperazine rings is 1. The van der Waals surface area contributed by atoms with Crippen LogP contribution in [0.1, 0.15) is 18.9 Å². The lowest BCUT2D eigenvalue weighted by Crippen LogP contribution is -2.50. The molecular formula is C17H24ClN3O3. The van der Waals surface area contributed by atoms with Crippen LogP contribution in [0.4, 0.5) is 10.5 Å². The van der Waals surface area contributed by atoms with E-state index < -0.39 is 0 Å². The molecule has 1 aromatic rings. The van der Waals surface area contributed by atoms with Crippen LogP contribution in [0.3, 0.4) is 0 Å². The monoisotopic (exact) mass is 353 g/mol. The van der Waals surface area contributed by atoms with Crippen LogP contribution in [-0.4, -0.2) is 61.1 Å². The van der Waals surface area contributed by atoms with E-state index in [1.54, 1.807) is 16.7 Å². The standard InChI is InChI=1S/C17H24ClN3O3/c1-3-24-17(23)21-10-8-20(9-11-21)16(22)6-7-19-15-12-14(18)5-4-13(15)2/h4-5,12,19H,3,6-11H2,1-2H3. The van der Waals surface area contributed by atoms with Gasteiger partial charge in [0.15, 0.2) is 0 Å². The molecule has 0 aromatic heterocycles. The van der Waals surface area contributed by atoms with Gasteiger partial charge in [0.05, 0.1) is 6.61 Å². The summed E-state index contributed by atoms with van der Waals surface area (Å²) in [5, 5.41) is 3.92. The predicted octanol–water partition coefficient (Wildman–Crippen LogP) is 2.75. The molecule has 2 rings (SSSR count). The molecule has 0 spiro atoms. The Morgan fingerprint density at radius 2 is 1.88 bits per heavy atom. The number of aryl methyl sites for hydroxylation is 1. The summed E-state index contributed by atoms with van der Waals surface area (Å²) in [6.07, 6.45) is 0.105. The molecule has 7 heteroatoms. The summed E-state index contributed by atoms with van der Waals surface area (Å²) in [6.45, 7) is 6.84. The van der Waals surface area contributed by atoms with E-state index in [1.807, 2.05) is 25.1 Å². The lowest BCUT2D eigenvalue weighted by Gasteiger charge is -2.34. The van der Waals surface area contributed by atoms with Crippen LogP contribution in [0.15, 0.2) is 18.2 Å². The second-order valence-electron chi connectivity index (χ2n) is 5.70. The molecule has 1 saturated heterocycles. The molecule has 1 aromatic carbocycles. The Morgan fingerprint density at radius 3 is 2.54 bits per heavy atom. The molecule has 0 atom stereocenters. The SMILES string of the molecule is CCOC(=O)N1CCN(C(=O)CCNc2cc(Cl)ccc2C)CC1. The van der Waals surface area contributed by atoms with Gasteiger partial charge in [-0.05, 0) is 31.5 Å². The Bertz CT molecular complexity index is 586. The summed E-state index contributed by atoms with van der Waals surface area (Å²) in [5.74, 6) is 0.0886. The fourth-order valence-corrected chi connectivity index (χ4v) is 2.77. The number of ether oxygens (including phenoxy) is 1. The molecule has 0 unspecified atom stereocenters. The van der Waals surface area contributed by atoms with Crippen molar-refractivity contribution in [3.05, 3.63) is 28.8 Å². The van der Waals surface area contributed by atoms with Gasteiger partial charge in [0, 0.05) is 49.9 Å². The quantitative estimate of drug-likeness (QED) is 0.884. The zero-order chi connectivity index (χ0) is 17.5. The molecule has 0 aliphatic carbocycles. The Balaban J connectivity index is 1.74. The first-order chi connectivity index (χ1) is 11.5. The molecule has 6 nitrogen and oxygen atoms in total. The number of hydrogen-bond donors (Lipinski definition) is 1. The summed E-state index contributed by atoms with van der Waals surface area (Å²) >= 11 is 5.98. The Labute approximate surface area is 147 Å².